The van der Waals surface area contributed by atoms with Crippen LogP contribution in [0.4, 0.5) is 4.39 Å². The summed E-state index contributed by atoms with van der Waals surface area (Å²) >= 11 is 3.23. The zero-order chi connectivity index (χ0) is 9.84. The predicted molar refractivity (Wildman–Crippen MR) is 56.5 cm³/mol. The summed E-state index contributed by atoms with van der Waals surface area (Å²) in [4.78, 5) is 0. The third-order valence-corrected chi connectivity index (χ3v) is 3.07. The van der Waals surface area contributed by atoms with Crippen molar-refractivity contribution in [2.45, 2.75) is 13.3 Å². The average Bonchev–Trinajstić information content (AvgIpc) is 2.13. The first-order chi connectivity index (χ1) is 6.16. The molecule has 3 heteroatoms. The van der Waals surface area contributed by atoms with Crippen LogP contribution in [0.1, 0.15) is 11.1 Å². The summed E-state index contributed by atoms with van der Waals surface area (Å²) in [5.41, 5.74) is 2.18. The Morgan fingerprint density at radius 2 is 2.15 bits per heavy atom. The summed E-state index contributed by atoms with van der Waals surface area (Å²) in [6, 6.07) is 3.34. The van der Waals surface area contributed by atoms with Gasteiger partial charge in [0.05, 0.1) is 4.47 Å². The average molecular weight is 246 g/mol. The van der Waals surface area contributed by atoms with Crippen molar-refractivity contribution in [1.82, 2.24) is 5.32 Å². The molecule has 0 saturated carbocycles. The summed E-state index contributed by atoms with van der Waals surface area (Å²) < 4.78 is 13.6. The first kappa shape index (κ1) is 10.7. The fourth-order valence-electron chi connectivity index (χ4n) is 1.22. The quantitative estimate of drug-likeness (QED) is 0.864. The first-order valence-corrected chi connectivity index (χ1v) is 5.04. The molecule has 1 nitrogen and oxygen atoms in total. The molecule has 0 radical (unpaired) electrons. The van der Waals surface area contributed by atoms with Crippen LogP contribution in [0.2, 0.25) is 0 Å². The Morgan fingerprint density at radius 3 is 2.77 bits per heavy atom. The summed E-state index contributed by atoms with van der Waals surface area (Å²) in [7, 11) is 1.91. The highest BCUT2D eigenvalue weighted by Gasteiger charge is 2.06. The second kappa shape index (κ2) is 4.72. The van der Waals surface area contributed by atoms with Crippen molar-refractivity contribution in [2.24, 2.45) is 0 Å². The predicted octanol–water partition coefficient (Wildman–Crippen LogP) is 2.66. The molecule has 0 atom stereocenters. The van der Waals surface area contributed by atoms with Crippen LogP contribution in [0.25, 0.3) is 0 Å². The van der Waals surface area contributed by atoms with Crippen LogP contribution >= 0.6 is 15.9 Å². The van der Waals surface area contributed by atoms with Crippen LogP contribution in [0.5, 0.6) is 0 Å². The topological polar surface area (TPSA) is 12.0 Å². The summed E-state index contributed by atoms with van der Waals surface area (Å²) in [6.07, 6.45) is 0.932. The molecule has 0 saturated heterocycles. The fraction of sp³-hybridized carbons (Fsp3) is 0.400. The lowest BCUT2D eigenvalue weighted by Gasteiger charge is -2.07. The van der Waals surface area contributed by atoms with Crippen molar-refractivity contribution in [3.8, 4) is 0 Å². The highest BCUT2D eigenvalue weighted by Crippen LogP contribution is 2.23. The molecule has 1 aromatic rings. The van der Waals surface area contributed by atoms with Gasteiger partial charge in [-0.2, -0.15) is 0 Å². The van der Waals surface area contributed by atoms with Crippen LogP contribution in [-0.2, 0) is 6.42 Å². The highest BCUT2D eigenvalue weighted by molar-refractivity contribution is 9.10. The number of halogens is 2. The van der Waals surface area contributed by atoms with Gasteiger partial charge in [-0.1, -0.05) is 6.07 Å². The van der Waals surface area contributed by atoms with Gasteiger partial charge in [0, 0.05) is 0 Å². The Kier molecular flexibility index (Phi) is 3.88. The van der Waals surface area contributed by atoms with Gasteiger partial charge in [0.2, 0.25) is 0 Å². The smallest absolute Gasteiger partial charge is 0.137 e. The van der Waals surface area contributed by atoms with Crippen molar-refractivity contribution in [1.29, 1.82) is 0 Å². The van der Waals surface area contributed by atoms with Crippen LogP contribution in [0.3, 0.4) is 0 Å². The molecule has 0 amide bonds. The van der Waals surface area contributed by atoms with Gasteiger partial charge in [0.25, 0.3) is 0 Å². The third-order valence-electron chi connectivity index (χ3n) is 2.10. The molecule has 0 unspecified atom stereocenters. The second-order valence-electron chi connectivity index (χ2n) is 3.00. The Morgan fingerprint density at radius 1 is 1.46 bits per heavy atom. The highest BCUT2D eigenvalue weighted by atomic mass is 79.9. The zero-order valence-electron chi connectivity index (χ0n) is 7.82. The number of nitrogens with one attached hydrogen (secondary N) is 1. The van der Waals surface area contributed by atoms with E-state index < -0.39 is 0 Å². The maximum Gasteiger partial charge on any atom is 0.137 e. The number of rotatable bonds is 3. The Bertz CT molecular complexity index is 299. The molecule has 13 heavy (non-hydrogen) atoms. The van der Waals surface area contributed by atoms with E-state index in [-0.39, 0.29) is 5.82 Å². The van der Waals surface area contributed by atoms with Crippen LogP contribution in [0, 0.1) is 12.7 Å². The number of likely N-dealkylation sites (N-methyl/N-ethyl adjacent to an activating group) is 1. The van der Waals surface area contributed by atoms with Crippen LogP contribution in [-0.4, -0.2) is 13.6 Å². The van der Waals surface area contributed by atoms with Gasteiger partial charge in [0.15, 0.2) is 0 Å². The van der Waals surface area contributed by atoms with E-state index in [1.54, 1.807) is 0 Å². The summed E-state index contributed by atoms with van der Waals surface area (Å²) in [5.74, 6) is -0.189. The fourth-order valence-corrected chi connectivity index (χ4v) is 1.61. The number of hydrogen-bond donors (Lipinski definition) is 1. The molecule has 0 aliphatic carbocycles. The third kappa shape index (κ3) is 2.51. The van der Waals surface area contributed by atoms with Gasteiger partial charge in [0.1, 0.15) is 5.82 Å². The molecule has 0 aliphatic heterocycles. The SMILES string of the molecule is CNCCc1ccc(F)c(Br)c1C. The molecule has 0 aromatic heterocycles. The normalized spacial score (nSPS) is 10.5. The first-order valence-electron chi connectivity index (χ1n) is 4.25. The molecule has 1 aromatic carbocycles. The lowest BCUT2D eigenvalue weighted by atomic mass is 10.1. The minimum absolute atomic E-state index is 0.189. The van der Waals surface area contributed by atoms with Gasteiger partial charge in [-0.25, -0.2) is 4.39 Å². The van der Waals surface area contributed by atoms with Gasteiger partial charge in [-0.3, -0.25) is 0 Å². The standard InChI is InChI=1S/C10H13BrFN/c1-7-8(5-6-13-2)3-4-9(12)10(7)11/h3-4,13H,5-6H2,1-2H3. The maximum atomic E-state index is 13.0. The van der Waals surface area contributed by atoms with Crippen molar-refractivity contribution in [2.75, 3.05) is 13.6 Å². The van der Waals surface area contributed by atoms with E-state index in [1.165, 1.54) is 11.6 Å². The maximum absolute atomic E-state index is 13.0. The van der Waals surface area contributed by atoms with E-state index in [4.69, 9.17) is 0 Å². The largest absolute Gasteiger partial charge is 0.319 e. The van der Waals surface area contributed by atoms with Crippen LogP contribution in [0.15, 0.2) is 16.6 Å². The Hall–Kier alpha value is -0.410. The van der Waals surface area contributed by atoms with Crippen LogP contribution < -0.4 is 5.32 Å². The second-order valence-corrected chi connectivity index (χ2v) is 3.79. The monoisotopic (exact) mass is 245 g/mol. The van der Waals surface area contributed by atoms with E-state index >= 15 is 0 Å². The molecule has 0 spiro atoms. The van der Waals surface area contributed by atoms with Gasteiger partial charge in [-0.05, 0) is 60.1 Å². The molecule has 0 bridgehead atoms. The minimum atomic E-state index is -0.189. The van der Waals surface area contributed by atoms with Crippen molar-refractivity contribution < 1.29 is 4.39 Å². The lowest BCUT2D eigenvalue weighted by molar-refractivity contribution is 0.618. The summed E-state index contributed by atoms with van der Waals surface area (Å²) in [5, 5.41) is 3.07. The van der Waals surface area contributed by atoms with Gasteiger partial charge >= 0.3 is 0 Å². The molecule has 1 N–H and O–H groups in total. The van der Waals surface area contributed by atoms with E-state index in [1.807, 2.05) is 20.0 Å². The number of benzene rings is 1. The van der Waals surface area contributed by atoms with E-state index in [0.29, 0.717) is 4.47 Å². The lowest BCUT2D eigenvalue weighted by Crippen LogP contribution is -2.11. The zero-order valence-corrected chi connectivity index (χ0v) is 9.41. The molecular weight excluding hydrogens is 233 g/mol. The van der Waals surface area contributed by atoms with Crippen molar-refractivity contribution >= 4 is 15.9 Å². The molecule has 0 heterocycles. The molecule has 1 rings (SSSR count). The number of hydrogen-bond acceptors (Lipinski definition) is 1. The summed E-state index contributed by atoms with van der Waals surface area (Å²) in [6.45, 7) is 2.84. The van der Waals surface area contributed by atoms with E-state index in [9.17, 15) is 4.39 Å². The molecule has 0 aliphatic rings. The van der Waals surface area contributed by atoms with Gasteiger partial charge in [-0.15, -0.1) is 0 Å². The Balaban J connectivity index is 2.90. The van der Waals surface area contributed by atoms with Gasteiger partial charge < -0.3 is 5.32 Å². The Labute approximate surface area is 86.5 Å². The molecule has 0 fully saturated rings. The molecular formula is C10H13BrFN. The minimum Gasteiger partial charge on any atom is -0.319 e. The van der Waals surface area contributed by atoms with Crippen molar-refractivity contribution in [3.05, 3.63) is 33.5 Å². The van der Waals surface area contributed by atoms with E-state index in [0.717, 1.165) is 18.5 Å². The van der Waals surface area contributed by atoms with Crippen molar-refractivity contribution in [3.63, 3.8) is 0 Å². The van der Waals surface area contributed by atoms with E-state index in [2.05, 4.69) is 21.2 Å². The molecule has 72 valence electrons.